The number of thioether (sulfide) groups is 1. The molecule has 5 fully saturated rings. The zero-order valence-electron chi connectivity index (χ0n) is 26.0. The van der Waals surface area contributed by atoms with Crippen molar-refractivity contribution in [2.45, 2.75) is 107 Å². The molecule has 4 saturated carbocycles. The molecular formula is C35H46O7S. The number of hydrogen-bond acceptors (Lipinski definition) is 8. The minimum Gasteiger partial charge on any atom is -0.497 e. The van der Waals surface area contributed by atoms with Gasteiger partial charge in [0.1, 0.15) is 23.2 Å². The maximum atomic E-state index is 14.3. The lowest BCUT2D eigenvalue weighted by Gasteiger charge is -2.59. The summed E-state index contributed by atoms with van der Waals surface area (Å²) in [5, 5.41) is 21.3. The third kappa shape index (κ3) is 4.11. The number of ketones is 1. The molecule has 12 atom stereocenters. The molecule has 1 spiro atoms. The first-order chi connectivity index (χ1) is 20.5. The Morgan fingerprint density at radius 1 is 1.09 bits per heavy atom. The van der Waals surface area contributed by atoms with E-state index in [-0.39, 0.29) is 53.1 Å². The molecule has 7 nitrogen and oxygen atoms in total. The minimum absolute atomic E-state index is 0.0835. The van der Waals surface area contributed by atoms with Gasteiger partial charge in [-0.15, -0.1) is 11.8 Å². The molecule has 0 amide bonds. The Morgan fingerprint density at radius 3 is 2.51 bits per heavy atom. The Balaban J connectivity index is 1.11. The summed E-state index contributed by atoms with van der Waals surface area (Å²) in [7, 11) is 1.65. The van der Waals surface area contributed by atoms with Crippen molar-refractivity contribution in [2.75, 3.05) is 13.7 Å². The molecule has 234 valence electrons. The van der Waals surface area contributed by atoms with E-state index in [0.29, 0.717) is 36.2 Å². The van der Waals surface area contributed by atoms with Gasteiger partial charge in [-0.05, 0) is 105 Å². The minimum atomic E-state index is -0.781. The van der Waals surface area contributed by atoms with E-state index >= 15 is 0 Å². The number of epoxide rings is 1. The normalized spacial score (nSPS) is 45.8. The summed E-state index contributed by atoms with van der Waals surface area (Å²) in [6.45, 7) is 8.49. The van der Waals surface area contributed by atoms with Gasteiger partial charge in [-0.3, -0.25) is 4.79 Å². The van der Waals surface area contributed by atoms with Crippen LogP contribution in [0.15, 0.2) is 40.3 Å². The fourth-order valence-electron chi connectivity index (χ4n) is 11.0. The Hall–Kier alpha value is -1.87. The number of fused-ring (bicyclic) bond motifs is 4. The van der Waals surface area contributed by atoms with Crippen LogP contribution in [0, 0.1) is 40.4 Å². The fraction of sp³-hybridized carbons (Fsp3) is 0.714. The van der Waals surface area contributed by atoms with Crippen LogP contribution in [0.25, 0.3) is 0 Å². The van der Waals surface area contributed by atoms with Crippen LogP contribution < -0.4 is 4.74 Å². The molecular weight excluding hydrogens is 564 g/mol. The predicted octanol–water partition coefficient (Wildman–Crippen LogP) is 5.36. The molecule has 8 heteroatoms. The lowest BCUT2D eigenvalue weighted by molar-refractivity contribution is -0.165. The maximum Gasteiger partial charge on any atom is 0.336 e. The Kier molecular flexibility index (Phi) is 7.16. The van der Waals surface area contributed by atoms with Gasteiger partial charge in [0.25, 0.3) is 0 Å². The van der Waals surface area contributed by atoms with E-state index < -0.39 is 17.1 Å². The van der Waals surface area contributed by atoms with Gasteiger partial charge in [-0.25, -0.2) is 4.79 Å². The number of hydrogen-bond donors (Lipinski definition) is 2. The summed E-state index contributed by atoms with van der Waals surface area (Å²) in [6.07, 6.45) is 5.21. The molecule has 2 N–H and O–H groups in total. The van der Waals surface area contributed by atoms with Crippen molar-refractivity contribution in [1.29, 1.82) is 0 Å². The van der Waals surface area contributed by atoms with E-state index in [4.69, 9.17) is 14.2 Å². The van der Waals surface area contributed by atoms with E-state index in [2.05, 4.69) is 20.8 Å². The molecule has 2 aliphatic heterocycles. The number of Topliss-reactive ketones (excluding diaryl/α,β-unsaturated/α-hetero) is 1. The quantitative estimate of drug-likeness (QED) is 0.328. The SMILES string of the molecule is COc1ccc(S[C@H]2CC(=O)[C@]3(C)[C@H]4CC[C@]5(C)[C@@H]([C@H](C)[C@H]6CC(C)=C(CO)C(=O)O6)CC[C@H]5[C@@H]4C[C@H]4O[C@]43[C@H]2O)cc1. The van der Waals surface area contributed by atoms with Crippen molar-refractivity contribution in [3.63, 3.8) is 0 Å². The molecule has 1 aromatic carbocycles. The summed E-state index contributed by atoms with van der Waals surface area (Å²) in [6, 6.07) is 7.82. The number of esters is 1. The number of carbonyl (C=O) groups is 2. The van der Waals surface area contributed by atoms with Crippen LogP contribution in [0.1, 0.15) is 72.6 Å². The van der Waals surface area contributed by atoms with E-state index in [1.165, 1.54) is 0 Å². The molecule has 2 heterocycles. The zero-order valence-corrected chi connectivity index (χ0v) is 26.8. The average Bonchev–Trinajstić information content (AvgIpc) is 3.62. The van der Waals surface area contributed by atoms with Crippen LogP contribution >= 0.6 is 11.8 Å². The number of aliphatic hydroxyl groups is 2. The van der Waals surface area contributed by atoms with Crippen LogP contribution in [0.5, 0.6) is 5.75 Å². The van der Waals surface area contributed by atoms with Crippen molar-refractivity contribution in [1.82, 2.24) is 0 Å². The second kappa shape index (κ2) is 10.3. The summed E-state index contributed by atoms with van der Waals surface area (Å²) in [4.78, 5) is 27.9. The predicted molar refractivity (Wildman–Crippen MR) is 163 cm³/mol. The first-order valence-electron chi connectivity index (χ1n) is 16.2. The lowest BCUT2D eigenvalue weighted by Crippen LogP contribution is -2.67. The third-order valence-electron chi connectivity index (χ3n) is 13.3. The maximum absolute atomic E-state index is 14.3. The van der Waals surface area contributed by atoms with Crippen molar-refractivity contribution in [3.8, 4) is 5.75 Å². The molecule has 1 saturated heterocycles. The van der Waals surface area contributed by atoms with E-state index in [0.717, 1.165) is 48.3 Å². The summed E-state index contributed by atoms with van der Waals surface area (Å²) in [5.74, 6) is 2.40. The van der Waals surface area contributed by atoms with Gasteiger partial charge in [-0.1, -0.05) is 19.4 Å². The molecule has 0 unspecified atom stereocenters. The van der Waals surface area contributed by atoms with Gasteiger partial charge in [0.15, 0.2) is 0 Å². The standard InChI is InChI=1S/C35H46O7S/c1-18-14-27(41-32(39)23(18)17-36)19(2)24-10-11-25-22-15-30-35(42-30)31(38)28(43-21-8-6-20(40-5)7-9-21)16-29(37)34(35,4)26(22)12-13-33(24,25)3/h6-9,19,22,24-28,30-31,36,38H,10-17H2,1-5H3/t19-,22-,24+,25-,26-,27+,28-,30+,31-,33+,34-,35-/m0/s1. The largest absolute Gasteiger partial charge is 0.497 e. The van der Waals surface area contributed by atoms with Gasteiger partial charge in [0.05, 0.1) is 36.9 Å². The van der Waals surface area contributed by atoms with Gasteiger partial charge < -0.3 is 24.4 Å². The van der Waals surface area contributed by atoms with Gasteiger partial charge in [-0.2, -0.15) is 0 Å². The van der Waals surface area contributed by atoms with Gasteiger partial charge in [0, 0.05) is 23.0 Å². The number of benzene rings is 1. The highest BCUT2D eigenvalue weighted by atomic mass is 32.2. The number of ether oxygens (including phenoxy) is 3. The monoisotopic (exact) mass is 610 g/mol. The highest BCUT2D eigenvalue weighted by Crippen LogP contribution is 2.74. The number of methoxy groups -OCH3 is 1. The van der Waals surface area contributed by atoms with Crippen LogP contribution in [-0.4, -0.2) is 64.8 Å². The van der Waals surface area contributed by atoms with Gasteiger partial charge >= 0.3 is 5.97 Å². The molecule has 43 heavy (non-hydrogen) atoms. The summed E-state index contributed by atoms with van der Waals surface area (Å²) < 4.78 is 17.8. The number of rotatable bonds is 6. The van der Waals surface area contributed by atoms with Crippen LogP contribution in [0.4, 0.5) is 0 Å². The zero-order chi connectivity index (χ0) is 30.5. The Bertz CT molecular complexity index is 1340. The smallest absolute Gasteiger partial charge is 0.336 e. The lowest BCUT2D eigenvalue weighted by atomic mass is 9.43. The molecule has 7 rings (SSSR count). The van der Waals surface area contributed by atoms with Crippen molar-refractivity contribution in [3.05, 3.63) is 35.4 Å². The molecule has 6 aliphatic rings. The van der Waals surface area contributed by atoms with E-state index in [9.17, 15) is 19.8 Å². The van der Waals surface area contributed by atoms with Crippen molar-refractivity contribution >= 4 is 23.5 Å². The van der Waals surface area contributed by atoms with Crippen LogP contribution in [-0.2, 0) is 19.1 Å². The first-order valence-corrected chi connectivity index (χ1v) is 17.1. The third-order valence-corrected chi connectivity index (χ3v) is 14.6. The molecule has 1 aromatic rings. The Labute approximate surface area is 259 Å². The summed E-state index contributed by atoms with van der Waals surface area (Å²) in [5.41, 5.74) is 0.00260. The van der Waals surface area contributed by atoms with Crippen LogP contribution in [0.2, 0.25) is 0 Å². The number of cyclic esters (lactones) is 1. The Morgan fingerprint density at radius 2 is 1.84 bits per heavy atom. The molecule has 0 aromatic heterocycles. The van der Waals surface area contributed by atoms with Crippen LogP contribution in [0.3, 0.4) is 0 Å². The van der Waals surface area contributed by atoms with E-state index in [1.807, 2.05) is 31.2 Å². The molecule has 0 radical (unpaired) electrons. The van der Waals surface area contributed by atoms with Gasteiger partial charge in [0.2, 0.25) is 0 Å². The van der Waals surface area contributed by atoms with Crippen molar-refractivity contribution in [2.24, 2.45) is 40.4 Å². The highest BCUT2D eigenvalue weighted by Gasteiger charge is 2.82. The topological polar surface area (TPSA) is 106 Å². The highest BCUT2D eigenvalue weighted by molar-refractivity contribution is 8.00. The number of aliphatic hydroxyl groups excluding tert-OH is 2. The second-order valence-corrected chi connectivity index (χ2v) is 16.1. The first kappa shape index (κ1) is 29.8. The second-order valence-electron chi connectivity index (χ2n) is 14.8. The summed E-state index contributed by atoms with van der Waals surface area (Å²) >= 11 is 1.58. The number of carbonyl (C=O) groups excluding carboxylic acids is 2. The fourth-order valence-corrected chi connectivity index (χ4v) is 12.2. The van der Waals surface area contributed by atoms with Crippen molar-refractivity contribution < 1.29 is 34.0 Å². The average molecular weight is 611 g/mol. The molecule has 4 aliphatic carbocycles. The van der Waals surface area contributed by atoms with E-state index in [1.54, 1.807) is 18.9 Å². The molecule has 0 bridgehead atoms.